The van der Waals surface area contributed by atoms with Gasteiger partial charge in [0.25, 0.3) is 0 Å². The third-order valence-corrected chi connectivity index (χ3v) is 7.10. The molecule has 0 aliphatic carbocycles. The van der Waals surface area contributed by atoms with E-state index in [0.717, 1.165) is 24.2 Å². The third kappa shape index (κ3) is 11.7. The van der Waals surface area contributed by atoms with E-state index in [1.165, 1.54) is 4.31 Å². The van der Waals surface area contributed by atoms with Crippen LogP contribution in [0.5, 0.6) is 5.75 Å². The maximum absolute atomic E-state index is 12.7. The molecule has 0 aromatic heterocycles. The van der Waals surface area contributed by atoms with Crippen LogP contribution in [0.15, 0.2) is 24.3 Å². The zero-order chi connectivity index (χ0) is 26.5. The fourth-order valence-electron chi connectivity index (χ4n) is 3.19. The van der Waals surface area contributed by atoms with Gasteiger partial charge in [0.15, 0.2) is 0 Å². The standard InChI is InChI=1S/C20H33N3O4S.C2HF3O2/c1-3-4-13-22(16-17-28(25,26)23-14-11-21-12-15-23)20(24)10-7-18-5-8-19(27-2)9-6-18;3-2(4,5)1(6)7/h5-6,8-9,21H,3-4,7,10-17H2,1-2H3;(H,6,7). The number of aliphatic carboxylic acids is 1. The number of unbranched alkanes of at least 4 members (excludes halogenated alkanes) is 1. The Labute approximate surface area is 204 Å². The number of amides is 1. The molecule has 2 N–H and O–H groups in total. The van der Waals surface area contributed by atoms with Gasteiger partial charge in [0.2, 0.25) is 15.9 Å². The number of carboxylic acid groups (broad SMARTS) is 1. The van der Waals surface area contributed by atoms with Gasteiger partial charge in [0, 0.05) is 45.7 Å². The molecule has 0 atom stereocenters. The van der Waals surface area contributed by atoms with Crippen molar-refractivity contribution in [1.82, 2.24) is 14.5 Å². The summed E-state index contributed by atoms with van der Waals surface area (Å²) in [6.07, 6.45) is -2.23. The lowest BCUT2D eigenvalue weighted by Gasteiger charge is -2.28. The van der Waals surface area contributed by atoms with Crippen molar-refractivity contribution >= 4 is 21.9 Å². The second-order valence-corrected chi connectivity index (χ2v) is 9.94. The number of nitrogens with one attached hydrogen (secondary N) is 1. The van der Waals surface area contributed by atoms with Gasteiger partial charge in [0.1, 0.15) is 5.75 Å². The molecule has 0 saturated carbocycles. The highest BCUT2D eigenvalue weighted by atomic mass is 32.2. The van der Waals surface area contributed by atoms with Crippen LogP contribution < -0.4 is 10.1 Å². The molecule has 35 heavy (non-hydrogen) atoms. The SMILES string of the molecule is CCCCN(CCS(=O)(=O)N1CCNCC1)C(=O)CCc1ccc(OC)cc1.O=C(O)C(F)(F)F. The first kappa shape index (κ1) is 30.7. The average molecular weight is 526 g/mol. The maximum Gasteiger partial charge on any atom is 0.490 e. The fourth-order valence-corrected chi connectivity index (χ4v) is 4.64. The van der Waals surface area contributed by atoms with Crippen molar-refractivity contribution in [2.75, 3.05) is 52.1 Å². The van der Waals surface area contributed by atoms with Gasteiger partial charge < -0.3 is 20.1 Å². The number of hydrogen-bond acceptors (Lipinski definition) is 6. The normalized spacial score (nSPS) is 14.5. The number of sulfonamides is 1. The first-order valence-electron chi connectivity index (χ1n) is 11.3. The molecule has 1 aliphatic rings. The van der Waals surface area contributed by atoms with Gasteiger partial charge in [0.05, 0.1) is 12.9 Å². The third-order valence-electron chi connectivity index (χ3n) is 5.25. The molecule has 1 aromatic rings. The number of nitrogens with zero attached hydrogens (tertiary/aromatic N) is 2. The second-order valence-electron chi connectivity index (χ2n) is 7.85. The molecule has 0 bridgehead atoms. The van der Waals surface area contributed by atoms with Crippen molar-refractivity contribution in [3.8, 4) is 5.75 Å². The van der Waals surface area contributed by atoms with Crippen molar-refractivity contribution in [3.05, 3.63) is 29.8 Å². The molecule has 1 aliphatic heterocycles. The number of carbonyl (C=O) groups is 2. The Morgan fingerprint density at radius 3 is 2.20 bits per heavy atom. The van der Waals surface area contributed by atoms with Crippen molar-refractivity contribution in [2.45, 2.75) is 38.8 Å². The highest BCUT2D eigenvalue weighted by molar-refractivity contribution is 7.89. The minimum Gasteiger partial charge on any atom is -0.497 e. The molecule has 0 spiro atoms. The zero-order valence-electron chi connectivity index (χ0n) is 20.0. The minimum absolute atomic E-state index is 0.00894. The minimum atomic E-state index is -5.08. The molecule has 0 radical (unpaired) electrons. The number of piperazine rings is 1. The number of benzene rings is 1. The van der Waals surface area contributed by atoms with Gasteiger partial charge in [-0.05, 0) is 30.5 Å². The summed E-state index contributed by atoms with van der Waals surface area (Å²) in [6, 6.07) is 7.68. The van der Waals surface area contributed by atoms with E-state index in [1.807, 2.05) is 24.3 Å². The summed E-state index contributed by atoms with van der Waals surface area (Å²) in [5, 5.41) is 10.3. The van der Waals surface area contributed by atoms with Gasteiger partial charge in [-0.25, -0.2) is 13.2 Å². The van der Waals surface area contributed by atoms with Crippen LogP contribution in [0.3, 0.4) is 0 Å². The van der Waals surface area contributed by atoms with Crippen LogP contribution in [-0.4, -0.2) is 92.9 Å². The summed E-state index contributed by atoms with van der Waals surface area (Å²) in [7, 11) is -1.70. The molecule has 1 aromatic carbocycles. The predicted molar refractivity (Wildman–Crippen MR) is 125 cm³/mol. The van der Waals surface area contributed by atoms with Crippen LogP contribution in [0, 0.1) is 0 Å². The molecule has 1 saturated heterocycles. The van der Waals surface area contributed by atoms with E-state index in [4.69, 9.17) is 14.6 Å². The van der Waals surface area contributed by atoms with Gasteiger partial charge in [-0.2, -0.15) is 17.5 Å². The number of carboxylic acids is 1. The van der Waals surface area contributed by atoms with E-state index in [2.05, 4.69) is 12.2 Å². The molecule has 1 heterocycles. The molecule has 1 amide bonds. The number of rotatable bonds is 11. The zero-order valence-corrected chi connectivity index (χ0v) is 20.8. The van der Waals surface area contributed by atoms with Gasteiger partial charge in [-0.1, -0.05) is 25.5 Å². The number of alkyl halides is 3. The average Bonchev–Trinajstić information content (AvgIpc) is 2.83. The summed E-state index contributed by atoms with van der Waals surface area (Å²) < 4.78 is 63.6. The van der Waals surface area contributed by atoms with Crippen LogP contribution in [0.2, 0.25) is 0 Å². The van der Waals surface area contributed by atoms with Crippen LogP contribution in [-0.2, 0) is 26.0 Å². The summed E-state index contributed by atoms with van der Waals surface area (Å²) in [6.45, 7) is 5.30. The lowest BCUT2D eigenvalue weighted by atomic mass is 10.1. The Kier molecular flexibility index (Phi) is 13.0. The highest BCUT2D eigenvalue weighted by Gasteiger charge is 2.38. The van der Waals surface area contributed by atoms with Gasteiger partial charge >= 0.3 is 12.1 Å². The topological polar surface area (TPSA) is 116 Å². The maximum atomic E-state index is 12.7. The van der Waals surface area contributed by atoms with Crippen molar-refractivity contribution in [2.24, 2.45) is 0 Å². The summed E-state index contributed by atoms with van der Waals surface area (Å²) in [4.78, 5) is 23.3. The molecule has 0 unspecified atom stereocenters. The summed E-state index contributed by atoms with van der Waals surface area (Å²) in [5.41, 5.74) is 1.07. The lowest BCUT2D eigenvalue weighted by Crippen LogP contribution is -2.48. The van der Waals surface area contributed by atoms with Gasteiger partial charge in [-0.15, -0.1) is 0 Å². The van der Waals surface area contributed by atoms with Crippen LogP contribution in [0.4, 0.5) is 13.2 Å². The first-order valence-corrected chi connectivity index (χ1v) is 12.9. The van der Waals surface area contributed by atoms with Crippen molar-refractivity contribution < 1.29 is 41.0 Å². The van der Waals surface area contributed by atoms with E-state index >= 15 is 0 Å². The number of methoxy groups -OCH3 is 1. The summed E-state index contributed by atoms with van der Waals surface area (Å²) >= 11 is 0. The van der Waals surface area contributed by atoms with E-state index in [-0.39, 0.29) is 18.2 Å². The molecular weight excluding hydrogens is 491 g/mol. The summed E-state index contributed by atoms with van der Waals surface area (Å²) in [5.74, 6) is -1.96. The monoisotopic (exact) mass is 525 g/mol. The Morgan fingerprint density at radius 1 is 1.14 bits per heavy atom. The van der Waals surface area contributed by atoms with Crippen LogP contribution in [0.1, 0.15) is 31.7 Å². The second kappa shape index (κ2) is 14.9. The Hall–Kier alpha value is -2.38. The smallest absolute Gasteiger partial charge is 0.490 e. The lowest BCUT2D eigenvalue weighted by molar-refractivity contribution is -0.192. The largest absolute Gasteiger partial charge is 0.497 e. The first-order chi connectivity index (χ1) is 16.4. The van der Waals surface area contributed by atoms with E-state index in [1.54, 1.807) is 12.0 Å². The van der Waals surface area contributed by atoms with Crippen LogP contribution >= 0.6 is 0 Å². The molecule has 13 heteroatoms. The molecular formula is C22H34F3N3O6S. The number of halogens is 3. The highest BCUT2D eigenvalue weighted by Crippen LogP contribution is 2.14. The van der Waals surface area contributed by atoms with Crippen molar-refractivity contribution in [1.29, 1.82) is 0 Å². The Morgan fingerprint density at radius 2 is 1.71 bits per heavy atom. The quantitative estimate of drug-likeness (QED) is 0.455. The Bertz CT molecular complexity index is 889. The molecule has 9 nitrogen and oxygen atoms in total. The Balaban J connectivity index is 0.000000762. The molecule has 200 valence electrons. The van der Waals surface area contributed by atoms with Crippen molar-refractivity contribution in [3.63, 3.8) is 0 Å². The molecule has 1 fully saturated rings. The predicted octanol–water partition coefficient (Wildman–Crippen LogP) is 2.12. The number of aryl methyl sites for hydroxylation is 1. The fraction of sp³-hybridized carbons (Fsp3) is 0.636. The van der Waals surface area contributed by atoms with Crippen LogP contribution in [0.25, 0.3) is 0 Å². The van der Waals surface area contributed by atoms with E-state index in [0.29, 0.717) is 45.6 Å². The van der Waals surface area contributed by atoms with E-state index < -0.39 is 22.2 Å². The van der Waals surface area contributed by atoms with Gasteiger partial charge in [-0.3, -0.25) is 4.79 Å². The number of hydrogen-bond donors (Lipinski definition) is 2. The molecule has 2 rings (SSSR count). The number of ether oxygens (including phenoxy) is 1. The van der Waals surface area contributed by atoms with E-state index in [9.17, 15) is 26.4 Å². The number of carbonyl (C=O) groups excluding carboxylic acids is 1.